The van der Waals surface area contributed by atoms with E-state index in [0.29, 0.717) is 18.6 Å². The van der Waals surface area contributed by atoms with Crippen molar-refractivity contribution in [3.05, 3.63) is 23.0 Å². The second kappa shape index (κ2) is 7.70. The maximum absolute atomic E-state index is 13.1. The van der Waals surface area contributed by atoms with Crippen molar-refractivity contribution in [2.45, 2.75) is 65.0 Å². The van der Waals surface area contributed by atoms with Crippen molar-refractivity contribution in [3.8, 4) is 0 Å². The van der Waals surface area contributed by atoms with Gasteiger partial charge in [0.25, 0.3) is 5.91 Å². The van der Waals surface area contributed by atoms with Crippen molar-refractivity contribution in [2.75, 3.05) is 20.3 Å². The van der Waals surface area contributed by atoms with Gasteiger partial charge in [0.05, 0.1) is 19.2 Å². The summed E-state index contributed by atoms with van der Waals surface area (Å²) in [5, 5.41) is 2.91. The predicted molar refractivity (Wildman–Crippen MR) is 105 cm³/mol. The lowest BCUT2D eigenvalue weighted by atomic mass is 9.73. The summed E-state index contributed by atoms with van der Waals surface area (Å²) in [5.74, 6) is -0.384. The number of aromatic nitrogens is 1. The molecule has 7 heteroatoms. The Hall–Kier alpha value is -2.15. The number of carbonyl (C=O) groups excluding carboxylic acids is 3. The zero-order valence-corrected chi connectivity index (χ0v) is 17.5. The monoisotopic (exact) mass is 389 g/mol. The molecule has 1 aromatic heterocycles. The quantitative estimate of drug-likeness (QED) is 0.599. The fourth-order valence-electron chi connectivity index (χ4n) is 4.92. The molecule has 3 amide bonds. The van der Waals surface area contributed by atoms with Gasteiger partial charge in [-0.3, -0.25) is 14.5 Å². The molecular weight excluding hydrogens is 358 g/mol. The topological polar surface area (TPSA) is 80.6 Å². The first-order valence-corrected chi connectivity index (χ1v) is 10.1. The van der Waals surface area contributed by atoms with Crippen LogP contribution in [-0.2, 0) is 9.53 Å². The number of ketones is 1. The highest BCUT2D eigenvalue weighted by Crippen LogP contribution is 2.38. The van der Waals surface area contributed by atoms with Gasteiger partial charge in [-0.2, -0.15) is 0 Å². The molecule has 0 bridgehead atoms. The average Bonchev–Trinajstić information content (AvgIpc) is 3.06. The molecule has 1 N–H and O–H groups in total. The van der Waals surface area contributed by atoms with Gasteiger partial charge in [0.1, 0.15) is 5.54 Å². The maximum atomic E-state index is 13.1. The largest absolute Gasteiger partial charge is 0.383 e. The summed E-state index contributed by atoms with van der Waals surface area (Å²) in [4.78, 5) is 39.7. The highest BCUT2D eigenvalue weighted by atomic mass is 16.5. The minimum absolute atomic E-state index is 0.0813. The van der Waals surface area contributed by atoms with Crippen LogP contribution in [0.15, 0.2) is 6.07 Å². The van der Waals surface area contributed by atoms with Crippen LogP contribution in [0.3, 0.4) is 0 Å². The first kappa shape index (κ1) is 20.6. The summed E-state index contributed by atoms with van der Waals surface area (Å²) in [5.41, 5.74) is 1.51. The number of urea groups is 1. The van der Waals surface area contributed by atoms with Crippen molar-refractivity contribution in [1.82, 2.24) is 14.8 Å². The molecule has 1 aliphatic carbocycles. The van der Waals surface area contributed by atoms with Gasteiger partial charge in [-0.25, -0.2) is 4.79 Å². The number of hydrogen-bond donors (Lipinski definition) is 1. The van der Waals surface area contributed by atoms with E-state index in [-0.39, 0.29) is 30.2 Å². The molecule has 2 aliphatic rings. The summed E-state index contributed by atoms with van der Waals surface area (Å²) in [6.07, 6.45) is 3.53. The van der Waals surface area contributed by atoms with Crippen LogP contribution in [0.25, 0.3) is 0 Å². The first-order chi connectivity index (χ1) is 13.2. The van der Waals surface area contributed by atoms with Crippen molar-refractivity contribution in [1.29, 1.82) is 0 Å². The molecule has 7 nitrogen and oxygen atoms in total. The summed E-state index contributed by atoms with van der Waals surface area (Å²) < 4.78 is 7.30. The van der Waals surface area contributed by atoms with Gasteiger partial charge in [-0.1, -0.05) is 19.8 Å². The van der Waals surface area contributed by atoms with Crippen molar-refractivity contribution >= 4 is 17.7 Å². The Bertz CT molecular complexity index is 800. The van der Waals surface area contributed by atoms with Crippen LogP contribution in [0.5, 0.6) is 0 Å². The highest BCUT2D eigenvalue weighted by molar-refractivity contribution is 6.11. The Labute approximate surface area is 166 Å². The number of methoxy groups -OCH3 is 1. The van der Waals surface area contributed by atoms with E-state index in [0.717, 1.165) is 35.6 Å². The number of ether oxygens (including phenoxy) is 1. The number of imide groups is 1. The highest BCUT2D eigenvalue weighted by Gasteiger charge is 2.55. The number of aryl methyl sites for hydroxylation is 1. The number of amides is 3. The SMILES string of the molecule is COC[C@H](C)n1c(C)cc(C(=O)CN2C(=O)N[C@@]3(CCCC[C@@H]3C)C2=O)c1C. The minimum atomic E-state index is -0.834. The molecule has 0 unspecified atom stereocenters. The Morgan fingerprint density at radius 3 is 2.71 bits per heavy atom. The molecule has 3 atom stereocenters. The van der Waals surface area contributed by atoms with Gasteiger partial charge < -0.3 is 14.6 Å². The summed E-state index contributed by atoms with van der Waals surface area (Å²) in [7, 11) is 1.65. The second-order valence-corrected chi connectivity index (χ2v) is 8.32. The van der Waals surface area contributed by atoms with Crippen LogP contribution in [-0.4, -0.2) is 53.0 Å². The smallest absolute Gasteiger partial charge is 0.325 e. The van der Waals surface area contributed by atoms with Gasteiger partial charge >= 0.3 is 6.03 Å². The van der Waals surface area contributed by atoms with E-state index in [1.54, 1.807) is 7.11 Å². The molecule has 2 heterocycles. The zero-order valence-electron chi connectivity index (χ0n) is 17.5. The number of hydrogen-bond acceptors (Lipinski definition) is 4. The van der Waals surface area contributed by atoms with E-state index in [1.165, 1.54) is 0 Å². The fourth-order valence-corrected chi connectivity index (χ4v) is 4.92. The lowest BCUT2D eigenvalue weighted by molar-refractivity contribution is -0.133. The number of nitrogens with zero attached hydrogens (tertiary/aromatic N) is 2. The molecule has 1 spiro atoms. The molecule has 0 radical (unpaired) electrons. The molecule has 2 fully saturated rings. The molecular formula is C21H31N3O4. The molecule has 154 valence electrons. The molecule has 1 saturated heterocycles. The van der Waals surface area contributed by atoms with Crippen molar-refractivity contribution in [2.24, 2.45) is 5.92 Å². The van der Waals surface area contributed by atoms with Crippen LogP contribution in [0.1, 0.15) is 67.3 Å². The molecule has 1 saturated carbocycles. The number of rotatable bonds is 6. The van der Waals surface area contributed by atoms with E-state index in [4.69, 9.17) is 4.74 Å². The molecule has 0 aromatic carbocycles. The average molecular weight is 389 g/mol. The summed E-state index contributed by atoms with van der Waals surface area (Å²) in [6, 6.07) is 1.48. The Balaban J connectivity index is 1.81. The number of carbonyl (C=O) groups is 3. The normalized spacial score (nSPS) is 26.0. The third kappa shape index (κ3) is 3.26. The van der Waals surface area contributed by atoms with Gasteiger partial charge in [0, 0.05) is 24.1 Å². The van der Waals surface area contributed by atoms with E-state index < -0.39 is 11.6 Å². The van der Waals surface area contributed by atoms with Crippen LogP contribution in [0, 0.1) is 19.8 Å². The van der Waals surface area contributed by atoms with Gasteiger partial charge in [0.15, 0.2) is 5.78 Å². The first-order valence-electron chi connectivity index (χ1n) is 10.1. The van der Waals surface area contributed by atoms with Gasteiger partial charge in [-0.15, -0.1) is 0 Å². The van der Waals surface area contributed by atoms with Crippen LogP contribution >= 0.6 is 0 Å². The maximum Gasteiger partial charge on any atom is 0.325 e. The Morgan fingerprint density at radius 2 is 2.07 bits per heavy atom. The van der Waals surface area contributed by atoms with E-state index in [2.05, 4.69) is 9.88 Å². The molecule has 1 aromatic rings. The van der Waals surface area contributed by atoms with E-state index >= 15 is 0 Å². The fraction of sp³-hybridized carbons (Fsp3) is 0.667. The van der Waals surface area contributed by atoms with E-state index in [9.17, 15) is 14.4 Å². The summed E-state index contributed by atoms with van der Waals surface area (Å²) >= 11 is 0. The van der Waals surface area contributed by atoms with E-state index in [1.807, 2.05) is 33.8 Å². The van der Waals surface area contributed by atoms with Gasteiger partial charge in [0.2, 0.25) is 0 Å². The number of Topliss-reactive ketones (excluding diaryl/α,β-unsaturated/α-hetero) is 1. The predicted octanol–water partition coefficient (Wildman–Crippen LogP) is 3.00. The molecule has 1 aliphatic heterocycles. The van der Waals surface area contributed by atoms with Gasteiger partial charge in [-0.05, 0) is 45.6 Å². The molecule has 3 rings (SSSR count). The third-order valence-electron chi connectivity index (χ3n) is 6.44. The zero-order chi connectivity index (χ0) is 20.6. The Kier molecular flexibility index (Phi) is 5.66. The second-order valence-electron chi connectivity index (χ2n) is 8.32. The van der Waals surface area contributed by atoms with Crippen LogP contribution in [0.2, 0.25) is 0 Å². The van der Waals surface area contributed by atoms with Crippen molar-refractivity contribution in [3.63, 3.8) is 0 Å². The minimum Gasteiger partial charge on any atom is -0.383 e. The number of nitrogens with one attached hydrogen (secondary N) is 1. The standard InChI is InChI=1S/C21H31N3O4/c1-13-8-6-7-9-21(13)19(26)23(20(27)22-21)11-18(25)17-10-14(2)24(16(17)4)15(3)12-28-5/h10,13,15H,6-9,11-12H2,1-5H3,(H,22,27)/t13-,15-,21+/m0/s1. The van der Waals surface area contributed by atoms with Crippen LogP contribution < -0.4 is 5.32 Å². The lowest BCUT2D eigenvalue weighted by Gasteiger charge is -2.36. The van der Waals surface area contributed by atoms with Crippen LogP contribution in [0.4, 0.5) is 4.79 Å². The lowest BCUT2D eigenvalue weighted by Crippen LogP contribution is -2.54. The summed E-state index contributed by atoms with van der Waals surface area (Å²) in [6.45, 7) is 8.20. The Morgan fingerprint density at radius 1 is 1.36 bits per heavy atom. The van der Waals surface area contributed by atoms with Crippen molar-refractivity contribution < 1.29 is 19.1 Å². The molecule has 28 heavy (non-hydrogen) atoms. The third-order valence-corrected chi connectivity index (χ3v) is 6.44.